The summed E-state index contributed by atoms with van der Waals surface area (Å²) in [6.45, 7) is 0.721. The zero-order valence-corrected chi connectivity index (χ0v) is 10.3. The number of aromatic amines is 1. The molecule has 1 saturated carbocycles. The van der Waals surface area contributed by atoms with E-state index >= 15 is 0 Å². The summed E-state index contributed by atoms with van der Waals surface area (Å²) < 4.78 is 0. The van der Waals surface area contributed by atoms with Gasteiger partial charge in [0.05, 0.1) is 0 Å². The van der Waals surface area contributed by atoms with Gasteiger partial charge in [-0.3, -0.25) is 4.99 Å². The molecule has 0 bridgehead atoms. The first-order chi connectivity index (χ1) is 8.81. The monoisotopic (exact) mass is 242 g/mol. The van der Waals surface area contributed by atoms with E-state index in [1.807, 2.05) is 6.07 Å². The number of para-hydroxylation sites is 1. The van der Waals surface area contributed by atoms with Gasteiger partial charge in [0.15, 0.2) is 5.96 Å². The lowest BCUT2D eigenvalue weighted by molar-refractivity contribution is 0.865. The standard InChI is InChI=1S/C14H18N4/c15-14(18-11-5-6-11)16-8-7-12-9-10-3-1-2-4-13(10)17-12/h1-4,9,11,17H,5-8H2,(H3,15,16,18). The summed E-state index contributed by atoms with van der Waals surface area (Å²) in [4.78, 5) is 7.73. The van der Waals surface area contributed by atoms with Gasteiger partial charge in [-0.15, -0.1) is 0 Å². The molecule has 0 spiro atoms. The summed E-state index contributed by atoms with van der Waals surface area (Å²) in [6.07, 6.45) is 3.33. The minimum atomic E-state index is 0.571. The van der Waals surface area contributed by atoms with Crippen LogP contribution in [-0.2, 0) is 6.42 Å². The molecule has 2 aromatic rings. The Morgan fingerprint density at radius 2 is 2.22 bits per heavy atom. The Hall–Kier alpha value is -1.97. The van der Waals surface area contributed by atoms with E-state index < -0.39 is 0 Å². The topological polar surface area (TPSA) is 66.2 Å². The molecule has 0 atom stereocenters. The van der Waals surface area contributed by atoms with Crippen LogP contribution in [0.2, 0.25) is 0 Å². The smallest absolute Gasteiger partial charge is 0.188 e. The van der Waals surface area contributed by atoms with Gasteiger partial charge in [-0.05, 0) is 30.4 Å². The fourth-order valence-electron chi connectivity index (χ4n) is 2.05. The molecule has 0 amide bonds. The van der Waals surface area contributed by atoms with Crippen LogP contribution in [0, 0.1) is 0 Å². The third-order valence-corrected chi connectivity index (χ3v) is 3.18. The Bertz CT molecular complexity index is 533. The number of nitrogens with two attached hydrogens (primary N) is 1. The third-order valence-electron chi connectivity index (χ3n) is 3.18. The molecule has 94 valence electrons. The number of rotatable bonds is 4. The lowest BCUT2D eigenvalue weighted by atomic mass is 10.2. The molecule has 0 saturated heterocycles. The number of hydrogen-bond donors (Lipinski definition) is 3. The first-order valence-corrected chi connectivity index (χ1v) is 6.44. The number of H-pyrrole nitrogens is 1. The molecule has 3 rings (SSSR count). The van der Waals surface area contributed by atoms with Crippen molar-refractivity contribution in [2.24, 2.45) is 10.7 Å². The normalized spacial score (nSPS) is 16.1. The zero-order valence-electron chi connectivity index (χ0n) is 10.3. The predicted molar refractivity (Wildman–Crippen MR) is 74.6 cm³/mol. The van der Waals surface area contributed by atoms with Crippen LogP contribution in [0.25, 0.3) is 10.9 Å². The maximum absolute atomic E-state index is 5.78. The van der Waals surface area contributed by atoms with Crippen LogP contribution in [-0.4, -0.2) is 23.5 Å². The van der Waals surface area contributed by atoms with Crippen molar-refractivity contribution in [1.82, 2.24) is 10.3 Å². The second-order valence-corrected chi connectivity index (χ2v) is 4.82. The molecule has 4 heteroatoms. The van der Waals surface area contributed by atoms with E-state index in [9.17, 15) is 0 Å². The quantitative estimate of drug-likeness (QED) is 0.565. The van der Waals surface area contributed by atoms with Crippen LogP contribution < -0.4 is 11.1 Å². The van der Waals surface area contributed by atoms with Gasteiger partial charge >= 0.3 is 0 Å². The molecule has 1 aliphatic rings. The molecule has 1 aliphatic carbocycles. The van der Waals surface area contributed by atoms with E-state index in [0.29, 0.717) is 12.0 Å². The molecule has 4 nitrogen and oxygen atoms in total. The summed E-state index contributed by atoms with van der Waals surface area (Å²) in [5.74, 6) is 0.577. The van der Waals surface area contributed by atoms with Crippen molar-refractivity contribution in [3.8, 4) is 0 Å². The Morgan fingerprint density at radius 1 is 1.39 bits per heavy atom. The highest BCUT2D eigenvalue weighted by molar-refractivity contribution is 5.80. The van der Waals surface area contributed by atoms with Crippen LogP contribution in [0.4, 0.5) is 0 Å². The number of nitrogens with one attached hydrogen (secondary N) is 2. The molecule has 18 heavy (non-hydrogen) atoms. The fraction of sp³-hybridized carbons (Fsp3) is 0.357. The number of nitrogens with zero attached hydrogens (tertiary/aromatic N) is 1. The second-order valence-electron chi connectivity index (χ2n) is 4.82. The minimum Gasteiger partial charge on any atom is -0.370 e. The molecule has 0 radical (unpaired) electrons. The van der Waals surface area contributed by atoms with Gasteiger partial charge in [0, 0.05) is 30.2 Å². The number of hydrogen-bond acceptors (Lipinski definition) is 1. The number of aliphatic imine (C=N–C) groups is 1. The first-order valence-electron chi connectivity index (χ1n) is 6.44. The van der Waals surface area contributed by atoms with Crippen LogP contribution in [0.15, 0.2) is 35.3 Å². The van der Waals surface area contributed by atoms with Crippen LogP contribution in [0.5, 0.6) is 0 Å². The van der Waals surface area contributed by atoms with Gasteiger partial charge in [0.2, 0.25) is 0 Å². The maximum atomic E-state index is 5.78. The fourth-order valence-corrected chi connectivity index (χ4v) is 2.05. The molecule has 0 unspecified atom stereocenters. The Balaban J connectivity index is 1.58. The number of aromatic nitrogens is 1. The molecular formula is C14H18N4. The van der Waals surface area contributed by atoms with Crippen molar-refractivity contribution < 1.29 is 0 Å². The Labute approximate surface area is 106 Å². The van der Waals surface area contributed by atoms with E-state index in [2.05, 4.69) is 39.6 Å². The zero-order chi connectivity index (χ0) is 12.4. The highest BCUT2D eigenvalue weighted by atomic mass is 15.1. The predicted octanol–water partition coefficient (Wildman–Crippen LogP) is 1.78. The van der Waals surface area contributed by atoms with Crippen molar-refractivity contribution in [1.29, 1.82) is 0 Å². The highest BCUT2D eigenvalue weighted by Gasteiger charge is 2.21. The summed E-state index contributed by atoms with van der Waals surface area (Å²) in [7, 11) is 0. The van der Waals surface area contributed by atoms with E-state index in [4.69, 9.17) is 5.73 Å². The van der Waals surface area contributed by atoms with E-state index in [1.54, 1.807) is 0 Å². The van der Waals surface area contributed by atoms with Gasteiger partial charge in [0.1, 0.15) is 0 Å². The average Bonchev–Trinajstić information content (AvgIpc) is 3.07. The van der Waals surface area contributed by atoms with Gasteiger partial charge in [-0.25, -0.2) is 0 Å². The summed E-state index contributed by atoms with van der Waals surface area (Å²) in [5, 5.41) is 4.43. The van der Waals surface area contributed by atoms with Gasteiger partial charge in [0.25, 0.3) is 0 Å². The van der Waals surface area contributed by atoms with Crippen LogP contribution >= 0.6 is 0 Å². The number of benzene rings is 1. The molecule has 1 aromatic carbocycles. The summed E-state index contributed by atoms with van der Waals surface area (Å²) in [6, 6.07) is 11.0. The van der Waals surface area contributed by atoms with Crippen molar-refractivity contribution >= 4 is 16.9 Å². The van der Waals surface area contributed by atoms with E-state index in [0.717, 1.165) is 13.0 Å². The number of fused-ring (bicyclic) bond motifs is 1. The molecule has 1 fully saturated rings. The number of guanidine groups is 1. The van der Waals surface area contributed by atoms with Crippen LogP contribution in [0.1, 0.15) is 18.5 Å². The lowest BCUT2D eigenvalue weighted by Gasteiger charge is -2.02. The van der Waals surface area contributed by atoms with E-state index in [1.165, 1.54) is 29.4 Å². The summed E-state index contributed by atoms with van der Waals surface area (Å²) in [5.41, 5.74) is 8.17. The summed E-state index contributed by atoms with van der Waals surface area (Å²) >= 11 is 0. The first kappa shape index (κ1) is 11.1. The largest absolute Gasteiger partial charge is 0.370 e. The van der Waals surface area contributed by atoms with Gasteiger partial charge in [-0.2, -0.15) is 0 Å². The van der Waals surface area contributed by atoms with Crippen molar-refractivity contribution in [2.45, 2.75) is 25.3 Å². The molecule has 0 aliphatic heterocycles. The molecule has 1 aromatic heterocycles. The van der Waals surface area contributed by atoms with Crippen molar-refractivity contribution in [2.75, 3.05) is 6.54 Å². The minimum absolute atomic E-state index is 0.571. The second kappa shape index (κ2) is 4.72. The average molecular weight is 242 g/mol. The maximum Gasteiger partial charge on any atom is 0.188 e. The molecular weight excluding hydrogens is 224 g/mol. The highest BCUT2D eigenvalue weighted by Crippen LogP contribution is 2.18. The lowest BCUT2D eigenvalue weighted by Crippen LogP contribution is -2.33. The Morgan fingerprint density at radius 3 is 3.00 bits per heavy atom. The van der Waals surface area contributed by atoms with Gasteiger partial charge in [-0.1, -0.05) is 18.2 Å². The third kappa shape index (κ3) is 2.64. The van der Waals surface area contributed by atoms with Gasteiger partial charge < -0.3 is 16.0 Å². The SMILES string of the molecule is NC(=NCCc1cc2ccccc2[nH]1)NC1CC1. The van der Waals surface area contributed by atoms with E-state index in [-0.39, 0.29) is 0 Å². The van der Waals surface area contributed by atoms with Crippen LogP contribution in [0.3, 0.4) is 0 Å². The van der Waals surface area contributed by atoms with Crippen molar-refractivity contribution in [3.63, 3.8) is 0 Å². The molecule has 1 heterocycles. The van der Waals surface area contributed by atoms with Crippen molar-refractivity contribution in [3.05, 3.63) is 36.0 Å². The molecule has 4 N–H and O–H groups in total. The Kier molecular flexibility index (Phi) is 2.92.